The number of halogens is 1. The van der Waals surface area contributed by atoms with Gasteiger partial charge in [-0.25, -0.2) is 0 Å². The highest BCUT2D eigenvalue weighted by Crippen LogP contribution is 2.21. The molecule has 0 aliphatic heterocycles. The number of hydrogen-bond acceptors (Lipinski definition) is 5. The highest BCUT2D eigenvalue weighted by atomic mass is 35.5. The zero-order valence-electron chi connectivity index (χ0n) is 14.4. The number of rotatable bonds is 9. The Morgan fingerprint density at radius 2 is 1.77 bits per heavy atom. The molecule has 0 fully saturated rings. The highest BCUT2D eigenvalue weighted by molar-refractivity contribution is 7.99. The molecule has 0 saturated heterocycles. The van der Waals surface area contributed by atoms with Crippen LogP contribution in [-0.2, 0) is 14.3 Å². The number of anilines is 1. The minimum absolute atomic E-state index is 0.226. The Labute approximate surface area is 162 Å². The fraction of sp³-hybridized carbons (Fsp3) is 0.263. The maximum atomic E-state index is 11.8. The standard InChI is InChI=1S/C19H20ClNO4S/c1-2-24-16-7-5-15(6-8-16)21-18(22)13-25-19(23)11-12-26-17-9-3-14(20)4-10-17/h3-10H,2,11-13H2,1H3,(H,21,22). The van der Waals surface area contributed by atoms with Gasteiger partial charge in [-0.05, 0) is 55.5 Å². The minimum atomic E-state index is -0.409. The van der Waals surface area contributed by atoms with Crippen molar-refractivity contribution >= 4 is 40.9 Å². The summed E-state index contributed by atoms with van der Waals surface area (Å²) in [6.07, 6.45) is 0.226. The molecule has 2 aromatic rings. The van der Waals surface area contributed by atoms with Crippen LogP contribution in [0.4, 0.5) is 5.69 Å². The number of thioether (sulfide) groups is 1. The molecular formula is C19H20ClNO4S. The van der Waals surface area contributed by atoms with E-state index in [1.54, 1.807) is 36.4 Å². The highest BCUT2D eigenvalue weighted by Gasteiger charge is 2.08. The van der Waals surface area contributed by atoms with Gasteiger partial charge in [-0.1, -0.05) is 11.6 Å². The van der Waals surface area contributed by atoms with E-state index in [1.165, 1.54) is 11.8 Å². The second kappa shape index (κ2) is 10.7. The lowest BCUT2D eigenvalue weighted by Crippen LogP contribution is -2.21. The molecule has 0 aliphatic rings. The number of nitrogens with one attached hydrogen (secondary N) is 1. The van der Waals surface area contributed by atoms with Crippen molar-refractivity contribution in [2.45, 2.75) is 18.2 Å². The minimum Gasteiger partial charge on any atom is -0.494 e. The van der Waals surface area contributed by atoms with Gasteiger partial charge in [-0.15, -0.1) is 11.8 Å². The van der Waals surface area contributed by atoms with Crippen molar-refractivity contribution in [2.75, 3.05) is 24.3 Å². The predicted molar refractivity (Wildman–Crippen MR) is 104 cm³/mol. The van der Waals surface area contributed by atoms with Crippen LogP contribution >= 0.6 is 23.4 Å². The number of carbonyl (C=O) groups excluding carboxylic acids is 2. The van der Waals surface area contributed by atoms with Gasteiger partial charge in [-0.3, -0.25) is 9.59 Å². The van der Waals surface area contributed by atoms with E-state index in [1.807, 2.05) is 19.1 Å². The van der Waals surface area contributed by atoms with Crippen LogP contribution in [0.1, 0.15) is 13.3 Å². The van der Waals surface area contributed by atoms with Crippen LogP contribution in [0, 0.1) is 0 Å². The topological polar surface area (TPSA) is 64.6 Å². The summed E-state index contributed by atoms with van der Waals surface area (Å²) < 4.78 is 10.3. The molecule has 1 N–H and O–H groups in total. The SMILES string of the molecule is CCOc1ccc(NC(=O)COC(=O)CCSc2ccc(Cl)cc2)cc1. The second-order valence-corrected chi connectivity index (χ2v) is 6.82. The summed E-state index contributed by atoms with van der Waals surface area (Å²) in [5, 5.41) is 3.34. The monoisotopic (exact) mass is 393 g/mol. The third-order valence-corrected chi connectivity index (χ3v) is 4.47. The lowest BCUT2D eigenvalue weighted by atomic mass is 10.3. The Bertz CT molecular complexity index is 719. The van der Waals surface area contributed by atoms with E-state index >= 15 is 0 Å². The molecule has 0 radical (unpaired) electrons. The normalized spacial score (nSPS) is 10.2. The molecule has 0 saturated carbocycles. The molecular weight excluding hydrogens is 374 g/mol. The molecule has 7 heteroatoms. The van der Waals surface area contributed by atoms with Gasteiger partial charge in [0.25, 0.3) is 5.91 Å². The van der Waals surface area contributed by atoms with Crippen molar-refractivity contribution in [2.24, 2.45) is 0 Å². The van der Waals surface area contributed by atoms with Crippen molar-refractivity contribution in [3.05, 3.63) is 53.6 Å². The molecule has 2 rings (SSSR count). The zero-order valence-corrected chi connectivity index (χ0v) is 15.9. The van der Waals surface area contributed by atoms with E-state index in [0.29, 0.717) is 23.1 Å². The van der Waals surface area contributed by atoms with Gasteiger partial charge >= 0.3 is 5.97 Å². The molecule has 0 atom stereocenters. The van der Waals surface area contributed by atoms with Crippen molar-refractivity contribution in [3.63, 3.8) is 0 Å². The van der Waals surface area contributed by atoms with E-state index in [-0.39, 0.29) is 18.9 Å². The first-order chi connectivity index (χ1) is 12.6. The number of hydrogen-bond donors (Lipinski definition) is 1. The van der Waals surface area contributed by atoms with E-state index in [0.717, 1.165) is 10.6 Å². The van der Waals surface area contributed by atoms with Gasteiger partial charge in [0.1, 0.15) is 5.75 Å². The van der Waals surface area contributed by atoms with Gasteiger partial charge in [0, 0.05) is 21.4 Å². The van der Waals surface area contributed by atoms with E-state index < -0.39 is 5.97 Å². The van der Waals surface area contributed by atoms with Crippen LogP contribution in [0.15, 0.2) is 53.4 Å². The Balaban J connectivity index is 1.64. The van der Waals surface area contributed by atoms with Crippen molar-refractivity contribution in [1.29, 1.82) is 0 Å². The third kappa shape index (κ3) is 7.37. The lowest BCUT2D eigenvalue weighted by Gasteiger charge is -2.08. The number of esters is 1. The van der Waals surface area contributed by atoms with Crippen molar-refractivity contribution in [3.8, 4) is 5.75 Å². The molecule has 0 heterocycles. The zero-order chi connectivity index (χ0) is 18.8. The van der Waals surface area contributed by atoms with E-state index in [4.69, 9.17) is 21.1 Å². The largest absolute Gasteiger partial charge is 0.494 e. The van der Waals surface area contributed by atoms with E-state index in [9.17, 15) is 9.59 Å². The van der Waals surface area contributed by atoms with Gasteiger partial charge in [0.2, 0.25) is 0 Å². The maximum Gasteiger partial charge on any atom is 0.307 e. The summed E-state index contributed by atoms with van der Waals surface area (Å²) in [6, 6.07) is 14.4. The predicted octanol–water partition coefficient (Wildman–Crippen LogP) is 4.40. The van der Waals surface area contributed by atoms with Crippen LogP contribution in [-0.4, -0.2) is 30.8 Å². The number of carbonyl (C=O) groups is 2. The molecule has 0 aromatic heterocycles. The summed E-state index contributed by atoms with van der Waals surface area (Å²) in [6.45, 7) is 2.17. The molecule has 2 aromatic carbocycles. The first-order valence-electron chi connectivity index (χ1n) is 8.13. The molecule has 1 amide bonds. The molecule has 0 unspecified atom stereocenters. The fourth-order valence-corrected chi connectivity index (χ4v) is 2.96. The van der Waals surface area contributed by atoms with Crippen LogP contribution in [0.5, 0.6) is 5.75 Å². The molecule has 26 heavy (non-hydrogen) atoms. The fourth-order valence-electron chi connectivity index (χ4n) is 2.00. The molecule has 5 nitrogen and oxygen atoms in total. The van der Waals surface area contributed by atoms with Gasteiger partial charge in [0.15, 0.2) is 6.61 Å². The number of amides is 1. The summed E-state index contributed by atoms with van der Waals surface area (Å²) in [4.78, 5) is 24.5. The third-order valence-electron chi connectivity index (χ3n) is 3.20. The molecule has 0 spiro atoms. The average molecular weight is 394 g/mol. The van der Waals surface area contributed by atoms with Crippen LogP contribution in [0.25, 0.3) is 0 Å². The van der Waals surface area contributed by atoms with Gasteiger partial charge < -0.3 is 14.8 Å². The van der Waals surface area contributed by atoms with Crippen molar-refractivity contribution < 1.29 is 19.1 Å². The molecule has 138 valence electrons. The lowest BCUT2D eigenvalue weighted by molar-refractivity contribution is -0.146. The average Bonchev–Trinajstić information content (AvgIpc) is 2.63. The summed E-state index contributed by atoms with van der Waals surface area (Å²) in [5.41, 5.74) is 0.618. The Morgan fingerprint density at radius 3 is 2.42 bits per heavy atom. The summed E-state index contributed by atoms with van der Waals surface area (Å²) in [7, 11) is 0. The Hall–Kier alpha value is -2.18. The van der Waals surface area contributed by atoms with Crippen molar-refractivity contribution in [1.82, 2.24) is 0 Å². The number of benzene rings is 2. The Kier molecular flexibility index (Phi) is 8.31. The van der Waals surface area contributed by atoms with Crippen LogP contribution in [0.3, 0.4) is 0 Å². The number of ether oxygens (including phenoxy) is 2. The van der Waals surface area contributed by atoms with Gasteiger partial charge in [-0.2, -0.15) is 0 Å². The summed E-state index contributed by atoms with van der Waals surface area (Å²) >= 11 is 7.35. The summed E-state index contributed by atoms with van der Waals surface area (Å²) in [5.74, 6) is 0.511. The first kappa shape index (κ1) is 20.1. The Morgan fingerprint density at radius 1 is 1.08 bits per heavy atom. The quantitative estimate of drug-likeness (QED) is 0.505. The maximum absolute atomic E-state index is 11.8. The van der Waals surface area contributed by atoms with E-state index in [2.05, 4.69) is 5.32 Å². The van der Waals surface area contributed by atoms with Crippen LogP contribution in [0.2, 0.25) is 5.02 Å². The molecule has 0 bridgehead atoms. The first-order valence-corrected chi connectivity index (χ1v) is 9.50. The van der Waals surface area contributed by atoms with Crippen LogP contribution < -0.4 is 10.1 Å². The second-order valence-electron chi connectivity index (χ2n) is 5.22. The molecule has 0 aliphatic carbocycles. The van der Waals surface area contributed by atoms with Gasteiger partial charge in [0.05, 0.1) is 13.0 Å². The smallest absolute Gasteiger partial charge is 0.307 e.